The van der Waals surface area contributed by atoms with Crippen LogP contribution >= 0.6 is 11.7 Å². The molecule has 1 N–H and O–H groups in total. The van der Waals surface area contributed by atoms with Gasteiger partial charge in [-0.05, 0) is 12.5 Å². The maximum Gasteiger partial charge on any atom is 0.323 e. The van der Waals surface area contributed by atoms with E-state index in [9.17, 15) is 19.7 Å². The molecule has 0 saturated carbocycles. The molecule has 1 heterocycles. The van der Waals surface area contributed by atoms with Crippen LogP contribution in [0.2, 0.25) is 0 Å². The summed E-state index contributed by atoms with van der Waals surface area (Å²) in [6.45, 7) is 1.58. The molecule has 2 aromatic rings. The van der Waals surface area contributed by atoms with E-state index in [1.165, 1.54) is 6.07 Å². The molecule has 9 nitrogen and oxygen atoms in total. The Morgan fingerprint density at radius 3 is 2.73 bits per heavy atom. The van der Waals surface area contributed by atoms with Crippen molar-refractivity contribution in [3.8, 4) is 0 Å². The Kier molecular flexibility index (Phi) is 4.61. The summed E-state index contributed by atoms with van der Waals surface area (Å²) in [5.74, 6) is -1.73. The lowest BCUT2D eigenvalue weighted by Crippen LogP contribution is -2.36. The molecule has 1 aromatic carbocycles. The van der Waals surface area contributed by atoms with E-state index in [0.29, 0.717) is 6.42 Å². The third-order valence-corrected chi connectivity index (χ3v) is 3.43. The van der Waals surface area contributed by atoms with Gasteiger partial charge in [0.25, 0.3) is 11.6 Å². The highest BCUT2D eigenvalue weighted by Crippen LogP contribution is 2.26. The van der Waals surface area contributed by atoms with Gasteiger partial charge in [0, 0.05) is 18.2 Å². The highest BCUT2D eigenvalue weighted by atomic mass is 32.1. The predicted molar refractivity (Wildman–Crippen MR) is 77.9 cm³/mol. The first kappa shape index (κ1) is 15.8. The molecule has 0 atom stereocenters. The van der Waals surface area contributed by atoms with Crippen molar-refractivity contribution < 1.29 is 19.6 Å². The zero-order valence-electron chi connectivity index (χ0n) is 11.6. The van der Waals surface area contributed by atoms with E-state index in [2.05, 4.69) is 8.75 Å². The monoisotopic (exact) mass is 324 g/mol. The van der Waals surface area contributed by atoms with Crippen molar-refractivity contribution in [1.82, 2.24) is 13.6 Å². The van der Waals surface area contributed by atoms with Crippen molar-refractivity contribution in [3.63, 3.8) is 0 Å². The minimum Gasteiger partial charge on any atom is -0.480 e. The van der Waals surface area contributed by atoms with Gasteiger partial charge in [-0.1, -0.05) is 6.92 Å². The number of aliphatic carboxylic acids is 1. The Bertz CT molecular complexity index is 744. The summed E-state index contributed by atoms with van der Waals surface area (Å²) in [4.78, 5) is 34.8. The van der Waals surface area contributed by atoms with E-state index in [4.69, 9.17) is 5.11 Å². The van der Waals surface area contributed by atoms with Gasteiger partial charge in [0.15, 0.2) is 5.52 Å². The number of carboxylic acid groups (broad SMARTS) is 1. The van der Waals surface area contributed by atoms with Crippen molar-refractivity contribution in [2.75, 3.05) is 13.1 Å². The molecule has 0 aliphatic heterocycles. The quantitative estimate of drug-likeness (QED) is 0.630. The van der Waals surface area contributed by atoms with Crippen LogP contribution in [0.1, 0.15) is 23.7 Å². The molecule has 10 heteroatoms. The van der Waals surface area contributed by atoms with E-state index >= 15 is 0 Å². The first-order valence-corrected chi connectivity index (χ1v) is 7.08. The number of aromatic nitrogens is 2. The molecule has 0 aliphatic carbocycles. The summed E-state index contributed by atoms with van der Waals surface area (Å²) < 4.78 is 7.75. The number of hydrogen-bond acceptors (Lipinski definition) is 7. The third kappa shape index (κ3) is 3.17. The predicted octanol–water partition coefficient (Wildman–Crippen LogP) is 1.54. The number of benzene rings is 1. The first-order chi connectivity index (χ1) is 10.4. The van der Waals surface area contributed by atoms with Crippen LogP contribution in [0.25, 0.3) is 11.0 Å². The lowest BCUT2D eigenvalue weighted by atomic mass is 10.1. The molecular weight excluding hydrogens is 312 g/mol. The fourth-order valence-corrected chi connectivity index (χ4v) is 2.54. The Labute approximate surface area is 128 Å². The van der Waals surface area contributed by atoms with E-state index in [1.54, 1.807) is 6.92 Å². The Morgan fingerprint density at radius 2 is 2.14 bits per heavy atom. The number of non-ortho nitro benzene ring substituents is 1. The number of nitro benzene ring substituents is 1. The summed E-state index contributed by atoms with van der Waals surface area (Å²) in [7, 11) is 0. The highest BCUT2D eigenvalue weighted by molar-refractivity contribution is 7.00. The number of carbonyl (C=O) groups is 2. The minimum atomic E-state index is -1.15. The second kappa shape index (κ2) is 6.43. The van der Waals surface area contributed by atoms with Crippen molar-refractivity contribution in [2.45, 2.75) is 13.3 Å². The number of amides is 1. The maximum absolute atomic E-state index is 12.4. The lowest BCUT2D eigenvalue weighted by molar-refractivity contribution is -0.383. The van der Waals surface area contributed by atoms with Crippen LogP contribution in [-0.2, 0) is 4.79 Å². The van der Waals surface area contributed by atoms with Crippen LogP contribution in [0.3, 0.4) is 0 Å². The van der Waals surface area contributed by atoms with E-state index in [0.717, 1.165) is 22.7 Å². The van der Waals surface area contributed by atoms with Crippen molar-refractivity contribution in [1.29, 1.82) is 0 Å². The van der Waals surface area contributed by atoms with Gasteiger partial charge in [-0.2, -0.15) is 8.75 Å². The minimum absolute atomic E-state index is 0.0293. The molecule has 0 bridgehead atoms. The van der Waals surface area contributed by atoms with Crippen LogP contribution in [0, 0.1) is 10.1 Å². The van der Waals surface area contributed by atoms with Gasteiger partial charge in [-0.3, -0.25) is 19.7 Å². The molecule has 0 radical (unpaired) electrons. The summed E-state index contributed by atoms with van der Waals surface area (Å²) in [5.41, 5.74) is 0.0733. The number of hydrogen-bond donors (Lipinski definition) is 1. The van der Waals surface area contributed by atoms with Gasteiger partial charge in [0.05, 0.1) is 16.7 Å². The average Bonchev–Trinajstić information content (AvgIpc) is 2.92. The van der Waals surface area contributed by atoms with Crippen LogP contribution in [0.15, 0.2) is 12.1 Å². The Morgan fingerprint density at radius 1 is 1.41 bits per heavy atom. The van der Waals surface area contributed by atoms with Crippen LogP contribution in [-0.4, -0.2) is 48.6 Å². The smallest absolute Gasteiger partial charge is 0.323 e. The van der Waals surface area contributed by atoms with Crippen LogP contribution in [0.5, 0.6) is 0 Å². The standard InChI is InChI=1S/C12H12N4O5S/c1-2-3-15(6-10(17)18)12(19)7-4-8-11(14-22-13-8)9(5-7)16(20)21/h4-5H,2-3,6H2,1H3,(H,17,18). The zero-order chi connectivity index (χ0) is 16.3. The number of carboxylic acids is 1. The summed E-state index contributed by atoms with van der Waals surface area (Å²) in [5, 5.41) is 19.9. The summed E-state index contributed by atoms with van der Waals surface area (Å²) in [6, 6.07) is 2.50. The number of rotatable bonds is 6. The van der Waals surface area contributed by atoms with Gasteiger partial charge in [0.2, 0.25) is 0 Å². The van der Waals surface area contributed by atoms with Crippen LogP contribution in [0.4, 0.5) is 5.69 Å². The van der Waals surface area contributed by atoms with Gasteiger partial charge in [0.1, 0.15) is 12.1 Å². The first-order valence-electron chi connectivity index (χ1n) is 6.35. The fourth-order valence-electron chi connectivity index (χ4n) is 2.00. The van der Waals surface area contributed by atoms with Crippen molar-refractivity contribution in [3.05, 3.63) is 27.8 Å². The van der Waals surface area contributed by atoms with E-state index < -0.39 is 23.3 Å². The molecule has 0 saturated heterocycles. The summed E-state index contributed by atoms with van der Waals surface area (Å²) in [6.07, 6.45) is 0.571. The molecular formula is C12H12N4O5S. The molecule has 116 valence electrons. The molecule has 0 unspecified atom stereocenters. The van der Waals surface area contributed by atoms with Gasteiger partial charge < -0.3 is 10.0 Å². The number of carbonyl (C=O) groups excluding carboxylic acids is 1. The second-order valence-corrected chi connectivity index (χ2v) is 5.03. The molecule has 0 aliphatic rings. The number of nitrogens with zero attached hydrogens (tertiary/aromatic N) is 4. The largest absolute Gasteiger partial charge is 0.480 e. The molecule has 0 fully saturated rings. The van der Waals surface area contributed by atoms with Crippen molar-refractivity contribution in [2.24, 2.45) is 0 Å². The number of fused-ring (bicyclic) bond motifs is 1. The van der Waals surface area contributed by atoms with Gasteiger partial charge >= 0.3 is 5.97 Å². The SMILES string of the molecule is CCCN(CC(=O)O)C(=O)c1cc([N+](=O)[O-])c2nsnc2c1. The Hall–Kier alpha value is -2.62. The average molecular weight is 324 g/mol. The van der Waals surface area contributed by atoms with Gasteiger partial charge in [-0.25, -0.2) is 0 Å². The highest BCUT2D eigenvalue weighted by Gasteiger charge is 2.24. The molecule has 1 aromatic heterocycles. The molecule has 0 spiro atoms. The summed E-state index contributed by atoms with van der Waals surface area (Å²) >= 11 is 0.811. The topological polar surface area (TPSA) is 127 Å². The Balaban J connectivity index is 2.45. The molecule has 22 heavy (non-hydrogen) atoms. The van der Waals surface area contributed by atoms with Crippen LogP contribution < -0.4 is 0 Å². The lowest BCUT2D eigenvalue weighted by Gasteiger charge is -2.19. The zero-order valence-corrected chi connectivity index (χ0v) is 12.4. The van der Waals surface area contributed by atoms with Crippen molar-refractivity contribution >= 4 is 40.3 Å². The van der Waals surface area contributed by atoms with E-state index in [1.807, 2.05) is 0 Å². The van der Waals surface area contributed by atoms with Gasteiger partial charge in [-0.15, -0.1) is 0 Å². The second-order valence-electron chi connectivity index (χ2n) is 4.50. The molecule has 2 rings (SSSR count). The van der Waals surface area contributed by atoms with E-state index in [-0.39, 0.29) is 28.8 Å². The maximum atomic E-state index is 12.4. The number of nitro groups is 1. The fraction of sp³-hybridized carbons (Fsp3) is 0.333. The molecule has 1 amide bonds. The normalized spacial score (nSPS) is 10.6. The third-order valence-electron chi connectivity index (χ3n) is 2.89.